The fourth-order valence-electron chi connectivity index (χ4n) is 2.27. The van der Waals surface area contributed by atoms with Crippen molar-refractivity contribution in [3.05, 3.63) is 64.2 Å². The van der Waals surface area contributed by atoms with Crippen LogP contribution < -0.4 is 10.5 Å². The average molecular weight is 379 g/mol. The Morgan fingerprint density at radius 2 is 1.92 bits per heavy atom. The maximum atomic E-state index is 12.3. The smallest absolute Gasteiger partial charge is 0.333 e. The molecule has 0 heterocycles. The molecule has 0 spiro atoms. The molecule has 1 unspecified atom stereocenters. The van der Waals surface area contributed by atoms with Gasteiger partial charge in [-0.25, -0.2) is 18.4 Å². The van der Waals surface area contributed by atoms with E-state index in [-0.39, 0.29) is 12.3 Å². The van der Waals surface area contributed by atoms with Crippen molar-refractivity contribution < 1.29 is 22.9 Å². The molecule has 2 rings (SSSR count). The van der Waals surface area contributed by atoms with Crippen LogP contribution in [-0.2, 0) is 19.6 Å². The van der Waals surface area contributed by atoms with Gasteiger partial charge in [0.2, 0.25) is 10.0 Å². The molecule has 26 heavy (non-hydrogen) atoms. The molecule has 0 saturated carbocycles. The number of rotatable bonds is 7. The zero-order valence-corrected chi connectivity index (χ0v) is 14.6. The standard InChI is InChI=1S/C16H17N3O6S/c1-2-25-16(20)15(11-6-4-3-5-7-11)18-13-9-8-12(26(17,23)24)10-14(13)19(21)22/h3-10,15,18H,2H2,1H3,(H2,17,23,24). The Bertz CT molecular complexity index is 915. The van der Waals surface area contributed by atoms with Gasteiger partial charge in [0, 0.05) is 6.07 Å². The summed E-state index contributed by atoms with van der Waals surface area (Å²) in [5.74, 6) is -0.622. The highest BCUT2D eigenvalue weighted by Crippen LogP contribution is 2.31. The fourth-order valence-corrected chi connectivity index (χ4v) is 2.80. The highest BCUT2D eigenvalue weighted by Gasteiger charge is 2.26. The van der Waals surface area contributed by atoms with Crippen LogP contribution in [-0.4, -0.2) is 25.9 Å². The molecule has 0 amide bonds. The second-order valence-electron chi connectivity index (χ2n) is 5.22. The number of nitrogens with two attached hydrogens (primary N) is 1. The third-order valence-corrected chi connectivity index (χ3v) is 4.36. The summed E-state index contributed by atoms with van der Waals surface area (Å²) in [6.07, 6.45) is 0. The van der Waals surface area contributed by atoms with E-state index >= 15 is 0 Å². The second-order valence-corrected chi connectivity index (χ2v) is 6.78. The number of primary sulfonamides is 1. The summed E-state index contributed by atoms with van der Waals surface area (Å²) < 4.78 is 27.9. The number of sulfonamides is 1. The number of hydrogen-bond donors (Lipinski definition) is 2. The average Bonchev–Trinajstić information content (AvgIpc) is 2.59. The molecule has 138 valence electrons. The van der Waals surface area contributed by atoms with E-state index in [9.17, 15) is 23.3 Å². The van der Waals surface area contributed by atoms with E-state index in [2.05, 4.69) is 5.32 Å². The maximum Gasteiger partial charge on any atom is 0.333 e. The lowest BCUT2D eigenvalue weighted by atomic mass is 10.1. The summed E-state index contributed by atoms with van der Waals surface area (Å²) >= 11 is 0. The van der Waals surface area contributed by atoms with Crippen LogP contribution in [0.15, 0.2) is 53.4 Å². The molecular weight excluding hydrogens is 362 g/mol. The van der Waals surface area contributed by atoms with Crippen LogP contribution in [0.3, 0.4) is 0 Å². The summed E-state index contributed by atoms with van der Waals surface area (Å²) in [5, 5.41) is 19.1. The van der Waals surface area contributed by atoms with E-state index in [0.29, 0.717) is 5.56 Å². The fraction of sp³-hybridized carbons (Fsp3) is 0.188. The minimum Gasteiger partial charge on any atom is -0.464 e. The molecule has 0 aliphatic heterocycles. The Kier molecular flexibility index (Phi) is 5.90. The first-order valence-electron chi connectivity index (χ1n) is 7.53. The Labute approximate surface area is 150 Å². The lowest BCUT2D eigenvalue weighted by Crippen LogP contribution is -2.24. The van der Waals surface area contributed by atoms with Gasteiger partial charge in [-0.05, 0) is 24.6 Å². The molecule has 0 saturated heterocycles. The predicted octanol–water partition coefficient (Wildman–Crippen LogP) is 1.96. The Balaban J connectivity index is 2.48. The van der Waals surface area contributed by atoms with Crippen molar-refractivity contribution in [1.82, 2.24) is 0 Å². The second kappa shape index (κ2) is 7.93. The number of benzene rings is 2. The van der Waals surface area contributed by atoms with E-state index in [1.165, 1.54) is 6.07 Å². The monoisotopic (exact) mass is 379 g/mol. The number of carbonyl (C=O) groups is 1. The van der Waals surface area contributed by atoms with Crippen molar-refractivity contribution in [2.75, 3.05) is 11.9 Å². The number of carbonyl (C=O) groups excluding carboxylic acids is 1. The van der Waals surface area contributed by atoms with Crippen LogP contribution >= 0.6 is 0 Å². The third kappa shape index (κ3) is 4.55. The first kappa shape index (κ1) is 19.3. The van der Waals surface area contributed by atoms with E-state index in [1.54, 1.807) is 37.3 Å². The van der Waals surface area contributed by atoms with E-state index in [4.69, 9.17) is 9.88 Å². The number of nitrogens with one attached hydrogen (secondary N) is 1. The quantitative estimate of drug-likeness (QED) is 0.425. The number of esters is 1. The van der Waals surface area contributed by atoms with E-state index in [0.717, 1.165) is 12.1 Å². The summed E-state index contributed by atoms with van der Waals surface area (Å²) in [6, 6.07) is 10.7. The van der Waals surface area contributed by atoms with Crippen molar-refractivity contribution in [3.8, 4) is 0 Å². The van der Waals surface area contributed by atoms with Crippen LogP contribution in [0.2, 0.25) is 0 Å². The number of ether oxygens (including phenoxy) is 1. The number of anilines is 1. The zero-order chi connectivity index (χ0) is 19.3. The summed E-state index contributed by atoms with van der Waals surface area (Å²) in [7, 11) is -4.11. The van der Waals surface area contributed by atoms with Crippen molar-refractivity contribution >= 4 is 27.4 Å². The van der Waals surface area contributed by atoms with E-state index < -0.39 is 37.5 Å². The van der Waals surface area contributed by atoms with Gasteiger partial charge < -0.3 is 10.1 Å². The van der Waals surface area contributed by atoms with Gasteiger partial charge in [-0.2, -0.15) is 0 Å². The molecular formula is C16H17N3O6S. The maximum absolute atomic E-state index is 12.3. The van der Waals surface area contributed by atoms with Gasteiger partial charge in [-0.1, -0.05) is 30.3 Å². The van der Waals surface area contributed by atoms with Crippen LogP contribution in [0, 0.1) is 10.1 Å². The van der Waals surface area contributed by atoms with Crippen molar-refractivity contribution in [1.29, 1.82) is 0 Å². The van der Waals surface area contributed by atoms with Crippen LogP contribution in [0.25, 0.3) is 0 Å². The van der Waals surface area contributed by atoms with Crippen molar-refractivity contribution in [2.45, 2.75) is 17.9 Å². The van der Waals surface area contributed by atoms with Crippen molar-refractivity contribution in [2.24, 2.45) is 5.14 Å². The normalized spacial score (nSPS) is 12.2. The van der Waals surface area contributed by atoms with Gasteiger partial charge in [0.05, 0.1) is 16.4 Å². The highest BCUT2D eigenvalue weighted by molar-refractivity contribution is 7.89. The predicted molar refractivity (Wildman–Crippen MR) is 93.9 cm³/mol. The lowest BCUT2D eigenvalue weighted by Gasteiger charge is -2.19. The summed E-state index contributed by atoms with van der Waals surface area (Å²) in [6.45, 7) is 1.78. The van der Waals surface area contributed by atoms with Crippen LogP contribution in [0.4, 0.5) is 11.4 Å². The molecule has 0 aliphatic rings. The van der Waals surface area contributed by atoms with E-state index in [1.807, 2.05) is 0 Å². The van der Waals surface area contributed by atoms with Gasteiger partial charge in [-0.15, -0.1) is 0 Å². The molecule has 1 atom stereocenters. The molecule has 9 nitrogen and oxygen atoms in total. The molecule has 2 aromatic rings. The van der Waals surface area contributed by atoms with Gasteiger partial charge in [0.25, 0.3) is 5.69 Å². The number of hydrogen-bond acceptors (Lipinski definition) is 7. The molecule has 0 radical (unpaired) electrons. The molecule has 0 bridgehead atoms. The molecule has 10 heteroatoms. The van der Waals surface area contributed by atoms with Gasteiger partial charge in [0.1, 0.15) is 5.69 Å². The molecule has 0 aromatic heterocycles. The molecule has 0 fully saturated rings. The Morgan fingerprint density at radius 3 is 2.46 bits per heavy atom. The Morgan fingerprint density at radius 1 is 1.27 bits per heavy atom. The topological polar surface area (TPSA) is 142 Å². The van der Waals surface area contributed by atoms with Crippen molar-refractivity contribution in [3.63, 3.8) is 0 Å². The first-order valence-corrected chi connectivity index (χ1v) is 9.08. The van der Waals surface area contributed by atoms with Crippen LogP contribution in [0.5, 0.6) is 0 Å². The molecule has 2 aromatic carbocycles. The third-order valence-electron chi connectivity index (χ3n) is 3.45. The minimum atomic E-state index is -4.11. The number of nitro groups is 1. The molecule has 0 aliphatic carbocycles. The van der Waals surface area contributed by atoms with Crippen LogP contribution in [0.1, 0.15) is 18.5 Å². The SMILES string of the molecule is CCOC(=O)C(Nc1ccc(S(N)(=O)=O)cc1[N+](=O)[O-])c1ccccc1. The largest absolute Gasteiger partial charge is 0.464 e. The zero-order valence-electron chi connectivity index (χ0n) is 13.8. The first-order chi connectivity index (χ1) is 12.2. The van der Waals surface area contributed by atoms with Gasteiger partial charge in [0.15, 0.2) is 6.04 Å². The van der Waals surface area contributed by atoms with Gasteiger partial charge in [-0.3, -0.25) is 10.1 Å². The number of nitrogens with zero attached hydrogens (tertiary/aromatic N) is 1. The lowest BCUT2D eigenvalue weighted by molar-refractivity contribution is -0.384. The highest BCUT2D eigenvalue weighted by atomic mass is 32.2. The summed E-state index contributed by atoms with van der Waals surface area (Å²) in [5.41, 5.74) is -0.0261. The van der Waals surface area contributed by atoms with Gasteiger partial charge >= 0.3 is 5.97 Å². The Hall–Kier alpha value is -2.98. The summed E-state index contributed by atoms with van der Waals surface area (Å²) in [4.78, 5) is 22.5. The molecule has 3 N–H and O–H groups in total. The minimum absolute atomic E-state index is 0.0377. The number of nitro benzene ring substituents is 1.